The van der Waals surface area contributed by atoms with Crippen LogP contribution in [0.1, 0.15) is 0 Å². The number of carboxylic acids is 1. The summed E-state index contributed by atoms with van der Waals surface area (Å²) in [5.41, 5.74) is 0. The van der Waals surface area contributed by atoms with Crippen LogP contribution in [0, 0.1) is 0 Å². The number of allylic oxidation sites excluding steroid dienone is 1. The zero-order chi connectivity index (χ0) is 9.28. The van der Waals surface area contributed by atoms with Crippen LogP contribution in [0.5, 0.6) is 0 Å². The van der Waals surface area contributed by atoms with Crippen LogP contribution in [0.4, 0.5) is 17.6 Å². The summed E-state index contributed by atoms with van der Waals surface area (Å²) in [6, 6.07) is 0. The maximum Gasteiger partial charge on any atom is 0.407 e. The highest BCUT2D eigenvalue weighted by Crippen LogP contribution is 2.34. The Balaban J connectivity index is 4.81. The van der Waals surface area contributed by atoms with Gasteiger partial charge in [-0.15, -0.1) is 0 Å². The number of hydrogen-bond acceptors (Lipinski definition) is 1. The predicted octanol–water partition coefficient (Wildman–Crippen LogP) is 1.53. The van der Waals surface area contributed by atoms with Gasteiger partial charge in [-0.3, -0.25) is 0 Å². The fraction of sp³-hybridized carbons (Fsp3) is 0.400. The monoisotopic (exact) mass is 172 g/mol. The highest BCUT2D eigenvalue weighted by Gasteiger charge is 2.60. The van der Waals surface area contributed by atoms with E-state index in [9.17, 15) is 22.4 Å². The van der Waals surface area contributed by atoms with E-state index in [-0.39, 0.29) is 0 Å². The van der Waals surface area contributed by atoms with Gasteiger partial charge in [-0.2, -0.15) is 17.6 Å². The molecule has 0 fully saturated rings. The minimum absolute atomic E-state index is 0.402. The predicted molar refractivity (Wildman–Crippen MR) is 27.7 cm³/mol. The highest BCUT2D eigenvalue weighted by atomic mass is 19.3. The van der Waals surface area contributed by atoms with Crippen molar-refractivity contribution in [3.05, 3.63) is 12.7 Å². The Hall–Kier alpha value is -1.07. The van der Waals surface area contributed by atoms with Crippen molar-refractivity contribution in [3.8, 4) is 0 Å². The number of rotatable bonds is 3. The molecule has 0 unspecified atom stereocenters. The van der Waals surface area contributed by atoms with Crippen molar-refractivity contribution < 1.29 is 27.5 Å². The molecule has 6 heteroatoms. The van der Waals surface area contributed by atoms with Crippen molar-refractivity contribution >= 4 is 5.97 Å². The molecule has 0 saturated carbocycles. The molecule has 0 radical (unpaired) electrons. The van der Waals surface area contributed by atoms with Crippen LogP contribution in [0.2, 0.25) is 0 Å². The van der Waals surface area contributed by atoms with Crippen molar-refractivity contribution in [1.82, 2.24) is 0 Å². The average Bonchev–Trinajstić information content (AvgIpc) is 1.87. The summed E-state index contributed by atoms with van der Waals surface area (Å²) in [5, 5.41) is 7.63. The second-order valence-electron chi connectivity index (χ2n) is 1.71. The van der Waals surface area contributed by atoms with Crippen molar-refractivity contribution in [3.63, 3.8) is 0 Å². The summed E-state index contributed by atoms with van der Waals surface area (Å²) < 4.78 is 47.7. The van der Waals surface area contributed by atoms with Gasteiger partial charge in [0.15, 0.2) is 0 Å². The molecular formula is C5H4F4O2. The van der Waals surface area contributed by atoms with Crippen LogP contribution in [-0.4, -0.2) is 22.9 Å². The van der Waals surface area contributed by atoms with Gasteiger partial charge in [0.25, 0.3) is 0 Å². The second-order valence-corrected chi connectivity index (χ2v) is 1.71. The topological polar surface area (TPSA) is 37.3 Å². The lowest BCUT2D eigenvalue weighted by molar-refractivity contribution is -0.207. The van der Waals surface area contributed by atoms with Crippen LogP contribution < -0.4 is 0 Å². The Bertz CT molecular complexity index is 187. The first-order valence-electron chi connectivity index (χ1n) is 2.38. The average molecular weight is 172 g/mol. The minimum atomic E-state index is -5.09. The number of halogens is 4. The zero-order valence-electron chi connectivity index (χ0n) is 5.15. The third-order valence-electron chi connectivity index (χ3n) is 0.944. The maximum absolute atomic E-state index is 11.9. The smallest absolute Gasteiger partial charge is 0.407 e. The summed E-state index contributed by atoms with van der Waals surface area (Å²) in [6.07, 6.45) is -0.402. The summed E-state index contributed by atoms with van der Waals surface area (Å²) in [5.74, 6) is -12.7. The Kier molecular flexibility index (Phi) is 2.27. The van der Waals surface area contributed by atoms with Gasteiger partial charge in [0.2, 0.25) is 0 Å². The van der Waals surface area contributed by atoms with Crippen LogP contribution in [0.3, 0.4) is 0 Å². The molecule has 0 aromatic carbocycles. The van der Waals surface area contributed by atoms with Gasteiger partial charge in [0.05, 0.1) is 0 Å². The Labute approximate surface area is 59.1 Å². The molecule has 11 heavy (non-hydrogen) atoms. The quantitative estimate of drug-likeness (QED) is 0.517. The zero-order valence-corrected chi connectivity index (χ0v) is 5.15. The lowest BCUT2D eigenvalue weighted by Crippen LogP contribution is -2.45. The second kappa shape index (κ2) is 2.52. The molecule has 0 amide bonds. The van der Waals surface area contributed by atoms with Crippen molar-refractivity contribution in [2.75, 3.05) is 0 Å². The van der Waals surface area contributed by atoms with E-state index in [2.05, 4.69) is 6.58 Å². The molecule has 0 atom stereocenters. The van der Waals surface area contributed by atoms with E-state index in [0.29, 0.717) is 0 Å². The van der Waals surface area contributed by atoms with Gasteiger partial charge in [-0.1, -0.05) is 6.58 Å². The number of carboxylic acid groups (broad SMARTS) is 1. The highest BCUT2D eigenvalue weighted by molar-refractivity contribution is 5.77. The molecule has 0 aromatic rings. The minimum Gasteiger partial charge on any atom is -0.477 e. The molecule has 2 nitrogen and oxygen atoms in total. The standard InChI is InChI=1S/C5H4F4O2/c1-2-4(6,7)5(8,9)3(10)11/h2H,1H2,(H,10,11). The first kappa shape index (κ1) is 9.93. The fourth-order valence-corrected chi connectivity index (χ4v) is 0.271. The number of aliphatic carboxylic acids is 1. The summed E-state index contributed by atoms with van der Waals surface area (Å²) in [7, 11) is 0. The SMILES string of the molecule is C=CC(F)(F)C(F)(F)C(=O)O. The van der Waals surface area contributed by atoms with Crippen molar-refractivity contribution in [2.45, 2.75) is 11.8 Å². The summed E-state index contributed by atoms with van der Waals surface area (Å²) in [4.78, 5) is 9.55. The van der Waals surface area contributed by atoms with Gasteiger partial charge in [-0.05, 0) is 6.08 Å². The Morgan fingerprint density at radius 1 is 1.36 bits per heavy atom. The van der Waals surface area contributed by atoms with Gasteiger partial charge in [0, 0.05) is 0 Å². The molecule has 0 heterocycles. The lowest BCUT2D eigenvalue weighted by atomic mass is 10.2. The van der Waals surface area contributed by atoms with Gasteiger partial charge in [-0.25, -0.2) is 4.79 Å². The van der Waals surface area contributed by atoms with Crippen LogP contribution in [0.25, 0.3) is 0 Å². The first-order chi connectivity index (χ1) is 4.75. The van der Waals surface area contributed by atoms with Crippen LogP contribution in [0.15, 0.2) is 12.7 Å². The van der Waals surface area contributed by atoms with Crippen molar-refractivity contribution in [1.29, 1.82) is 0 Å². The van der Waals surface area contributed by atoms with E-state index in [4.69, 9.17) is 5.11 Å². The molecule has 0 aliphatic heterocycles. The summed E-state index contributed by atoms with van der Waals surface area (Å²) in [6.45, 7) is 2.39. The number of alkyl halides is 4. The van der Waals surface area contributed by atoms with Gasteiger partial charge < -0.3 is 5.11 Å². The molecular weight excluding hydrogens is 168 g/mol. The number of hydrogen-bond donors (Lipinski definition) is 1. The molecule has 64 valence electrons. The molecule has 0 bridgehead atoms. The molecule has 0 rings (SSSR count). The lowest BCUT2D eigenvalue weighted by Gasteiger charge is -2.18. The summed E-state index contributed by atoms with van der Waals surface area (Å²) >= 11 is 0. The van der Waals surface area contributed by atoms with E-state index in [1.165, 1.54) is 0 Å². The third kappa shape index (κ3) is 1.50. The third-order valence-corrected chi connectivity index (χ3v) is 0.944. The molecule has 0 aliphatic carbocycles. The first-order valence-corrected chi connectivity index (χ1v) is 2.38. The van der Waals surface area contributed by atoms with Crippen LogP contribution in [-0.2, 0) is 4.79 Å². The maximum atomic E-state index is 11.9. The van der Waals surface area contributed by atoms with E-state index in [1.54, 1.807) is 0 Å². The van der Waals surface area contributed by atoms with E-state index >= 15 is 0 Å². The van der Waals surface area contributed by atoms with E-state index in [0.717, 1.165) is 0 Å². The molecule has 0 aromatic heterocycles. The Morgan fingerprint density at radius 2 is 1.73 bits per heavy atom. The van der Waals surface area contributed by atoms with Gasteiger partial charge in [0.1, 0.15) is 0 Å². The fourth-order valence-electron chi connectivity index (χ4n) is 0.271. The largest absolute Gasteiger partial charge is 0.477 e. The van der Waals surface area contributed by atoms with Crippen LogP contribution >= 0.6 is 0 Å². The van der Waals surface area contributed by atoms with Gasteiger partial charge >= 0.3 is 17.8 Å². The Morgan fingerprint density at radius 3 is 1.82 bits per heavy atom. The molecule has 1 N–H and O–H groups in total. The van der Waals surface area contributed by atoms with Crippen molar-refractivity contribution in [2.24, 2.45) is 0 Å². The van der Waals surface area contributed by atoms with E-state index < -0.39 is 23.9 Å². The number of carbonyl (C=O) groups is 1. The molecule has 0 spiro atoms. The normalized spacial score (nSPS) is 12.7. The molecule has 0 saturated heterocycles. The van der Waals surface area contributed by atoms with E-state index in [1.807, 2.05) is 0 Å². The molecule has 0 aliphatic rings.